The van der Waals surface area contributed by atoms with Gasteiger partial charge in [0.25, 0.3) is 0 Å². The van der Waals surface area contributed by atoms with E-state index in [0.29, 0.717) is 69.2 Å². The number of carboxylic acid groups (broad SMARTS) is 1. The van der Waals surface area contributed by atoms with Crippen LogP contribution in [0.25, 0.3) is 22.3 Å². The number of aromatic nitrogens is 4. The Bertz CT molecular complexity index is 2160. The lowest BCUT2D eigenvalue weighted by Crippen LogP contribution is -2.58. The molecule has 12 nitrogen and oxygen atoms in total. The second-order valence-corrected chi connectivity index (χ2v) is 17.0. The summed E-state index contributed by atoms with van der Waals surface area (Å²) in [5.41, 5.74) is 4.48. The van der Waals surface area contributed by atoms with Crippen LogP contribution in [0.3, 0.4) is 0 Å². The molecule has 0 unspecified atom stereocenters. The first-order valence-corrected chi connectivity index (χ1v) is 20.6. The molecule has 13 heteroatoms. The Morgan fingerprint density at radius 1 is 0.946 bits per heavy atom. The van der Waals surface area contributed by atoms with Crippen LogP contribution in [0.5, 0.6) is 0 Å². The highest BCUT2D eigenvalue weighted by Gasteiger charge is 2.56. The minimum atomic E-state index is -0.772. The number of benzene rings is 1. The minimum absolute atomic E-state index is 0.0935. The number of nitrogens with zero attached hydrogens (tertiary/aromatic N) is 7. The highest BCUT2D eigenvalue weighted by atomic mass is 19.1. The van der Waals surface area contributed by atoms with E-state index in [-0.39, 0.29) is 41.4 Å². The zero-order chi connectivity index (χ0) is 38.7. The van der Waals surface area contributed by atoms with Crippen LogP contribution in [-0.2, 0) is 19.8 Å². The quantitative estimate of drug-likeness (QED) is 0.193. The molecule has 9 rings (SSSR count). The maximum absolute atomic E-state index is 15.0. The first kappa shape index (κ1) is 36.7. The van der Waals surface area contributed by atoms with Gasteiger partial charge in [0, 0.05) is 54.6 Å². The minimum Gasteiger partial charge on any atom is -0.481 e. The molecule has 1 spiro atoms. The predicted molar refractivity (Wildman–Crippen MR) is 211 cm³/mol. The fourth-order valence-electron chi connectivity index (χ4n) is 10.2. The van der Waals surface area contributed by atoms with Crippen molar-refractivity contribution in [2.45, 2.75) is 108 Å². The number of rotatable bonds is 8. The number of carbonyl (C=O) groups excluding carboxylic acids is 2. The average molecular weight is 763 g/mol. The van der Waals surface area contributed by atoms with E-state index in [1.54, 1.807) is 12.4 Å². The van der Waals surface area contributed by atoms with Gasteiger partial charge >= 0.3 is 5.97 Å². The Morgan fingerprint density at radius 3 is 2.38 bits per heavy atom. The van der Waals surface area contributed by atoms with Gasteiger partial charge in [0.1, 0.15) is 5.52 Å². The molecule has 4 aromatic rings. The lowest BCUT2D eigenvalue weighted by molar-refractivity contribution is -0.146. The van der Waals surface area contributed by atoms with E-state index in [0.717, 1.165) is 53.8 Å². The Balaban J connectivity index is 1.04. The van der Waals surface area contributed by atoms with Crippen LogP contribution < -0.4 is 10.2 Å². The summed E-state index contributed by atoms with van der Waals surface area (Å²) in [6, 6.07) is 10.5. The van der Waals surface area contributed by atoms with Crippen molar-refractivity contribution >= 4 is 46.0 Å². The number of halogens is 1. The van der Waals surface area contributed by atoms with Gasteiger partial charge < -0.3 is 29.7 Å². The van der Waals surface area contributed by atoms with Gasteiger partial charge in [-0.2, -0.15) is 0 Å². The fourth-order valence-corrected chi connectivity index (χ4v) is 10.2. The van der Waals surface area contributed by atoms with Crippen molar-refractivity contribution in [1.29, 1.82) is 0 Å². The van der Waals surface area contributed by atoms with Crippen molar-refractivity contribution in [2.75, 3.05) is 36.4 Å². The number of amides is 2. The van der Waals surface area contributed by atoms with Crippen molar-refractivity contribution < 1.29 is 23.9 Å². The number of carbonyl (C=O) groups is 3. The number of carboxylic acids is 1. The summed E-state index contributed by atoms with van der Waals surface area (Å²) >= 11 is 0. The molecular weight excluding hydrogens is 712 g/mol. The topological polar surface area (TPSA) is 137 Å². The predicted octanol–water partition coefficient (Wildman–Crippen LogP) is 7.07. The summed E-state index contributed by atoms with van der Waals surface area (Å²) < 4.78 is 16.9. The first-order chi connectivity index (χ1) is 27.1. The van der Waals surface area contributed by atoms with E-state index < -0.39 is 17.2 Å². The zero-order valence-electron chi connectivity index (χ0n) is 32.3. The summed E-state index contributed by atoms with van der Waals surface area (Å²) in [7, 11) is 0. The highest BCUT2D eigenvalue weighted by Crippen LogP contribution is 2.52. The van der Waals surface area contributed by atoms with E-state index >= 15 is 0 Å². The van der Waals surface area contributed by atoms with E-state index in [1.807, 2.05) is 21.6 Å². The molecule has 294 valence electrons. The third-order valence-electron chi connectivity index (χ3n) is 13.5. The van der Waals surface area contributed by atoms with Crippen molar-refractivity contribution in [3.8, 4) is 11.3 Å². The van der Waals surface area contributed by atoms with Crippen LogP contribution in [0.1, 0.15) is 96.1 Å². The van der Waals surface area contributed by atoms with E-state index in [4.69, 9.17) is 9.97 Å². The van der Waals surface area contributed by atoms with Crippen LogP contribution in [-0.4, -0.2) is 90.5 Å². The molecule has 2 N–H and O–H groups in total. The smallest absolute Gasteiger partial charge is 0.306 e. The average Bonchev–Trinajstić information content (AvgIpc) is 3.73. The number of pyridine rings is 2. The van der Waals surface area contributed by atoms with Crippen molar-refractivity contribution in [1.82, 2.24) is 29.3 Å². The Kier molecular flexibility index (Phi) is 9.54. The molecule has 0 bridgehead atoms. The Hall–Kier alpha value is -4.91. The molecule has 2 amide bonds. The molecule has 0 radical (unpaired) electrons. The number of fused-ring (bicyclic) bond motifs is 3. The molecule has 3 aliphatic heterocycles. The summed E-state index contributed by atoms with van der Waals surface area (Å²) in [6.07, 6.45) is 13.5. The molecule has 6 heterocycles. The van der Waals surface area contributed by atoms with Gasteiger partial charge in [-0.25, -0.2) is 14.4 Å². The summed E-state index contributed by atoms with van der Waals surface area (Å²) in [5, 5.41) is 12.7. The number of aliphatic carboxylic acids is 1. The van der Waals surface area contributed by atoms with Gasteiger partial charge in [0.05, 0.1) is 40.8 Å². The Labute approximate surface area is 326 Å². The van der Waals surface area contributed by atoms with E-state index in [9.17, 15) is 23.9 Å². The van der Waals surface area contributed by atoms with Crippen LogP contribution >= 0.6 is 0 Å². The van der Waals surface area contributed by atoms with Crippen LogP contribution in [0, 0.1) is 17.7 Å². The fraction of sp³-hybridized carbons (Fsp3) is 0.535. The Morgan fingerprint density at radius 2 is 1.68 bits per heavy atom. The van der Waals surface area contributed by atoms with Gasteiger partial charge in [-0.1, -0.05) is 18.6 Å². The lowest BCUT2D eigenvalue weighted by atomic mass is 9.73. The van der Waals surface area contributed by atoms with Crippen LogP contribution in [0.2, 0.25) is 0 Å². The highest BCUT2D eigenvalue weighted by molar-refractivity contribution is 6.09. The lowest BCUT2D eigenvalue weighted by Gasteiger charge is -2.48. The number of hydrogen-bond acceptors (Lipinski definition) is 8. The van der Waals surface area contributed by atoms with Crippen molar-refractivity contribution in [2.24, 2.45) is 11.8 Å². The van der Waals surface area contributed by atoms with Gasteiger partial charge in [0.2, 0.25) is 11.8 Å². The number of piperidine rings is 2. The molecule has 0 atom stereocenters. The molecule has 2 saturated heterocycles. The summed E-state index contributed by atoms with van der Waals surface area (Å²) in [5.74, 6) is -1.06. The van der Waals surface area contributed by atoms with E-state index in [1.165, 1.54) is 31.7 Å². The third-order valence-corrected chi connectivity index (χ3v) is 13.5. The van der Waals surface area contributed by atoms with Crippen LogP contribution in [0.15, 0.2) is 49.1 Å². The third kappa shape index (κ3) is 6.31. The second-order valence-electron chi connectivity index (χ2n) is 17.0. The SMILES string of the molecule is CC(C)n1cnc2cc(-c3ccc4c(c3)N(C3CC(N5CCCCC5)C3)C(=O)C43CCN(C(=O)C4CCC(C(=O)O)CC4)CC3)nc(Nc3ccncc3F)c21. The van der Waals surface area contributed by atoms with Crippen molar-refractivity contribution in [3.63, 3.8) is 0 Å². The summed E-state index contributed by atoms with van der Waals surface area (Å²) in [6.45, 7) is 7.37. The van der Waals surface area contributed by atoms with Crippen LogP contribution in [0.4, 0.5) is 21.6 Å². The van der Waals surface area contributed by atoms with Gasteiger partial charge in [-0.3, -0.25) is 19.4 Å². The molecule has 2 aliphatic carbocycles. The number of likely N-dealkylation sites (tertiary alicyclic amines) is 2. The number of imidazole rings is 1. The maximum atomic E-state index is 15.0. The molecule has 5 aliphatic rings. The molecule has 4 fully saturated rings. The van der Waals surface area contributed by atoms with E-state index in [2.05, 4.69) is 46.1 Å². The first-order valence-electron chi connectivity index (χ1n) is 20.6. The molecule has 2 saturated carbocycles. The molecule has 3 aromatic heterocycles. The monoisotopic (exact) mass is 762 g/mol. The van der Waals surface area contributed by atoms with Gasteiger partial charge in [-0.15, -0.1) is 0 Å². The largest absolute Gasteiger partial charge is 0.481 e. The number of anilines is 3. The standard InChI is InChI=1S/C43H51FN8O4/c1-26(2)51-25-46-36-23-35(48-39(38(36)51)47-34-12-15-45-24-33(34)44)29-10-11-32-37(20-29)52(31-21-30(22-31)49-16-4-3-5-17-49)42(56)43(32)13-18-50(19-14-43)40(53)27-6-8-28(9-7-27)41(54)55/h10-12,15,20,23-28,30-31H,3-9,13-14,16-19,21-22H2,1-2H3,(H,54,55)(H,45,47,48). The molecule has 1 aromatic carbocycles. The number of hydrogen-bond donors (Lipinski definition) is 2. The summed E-state index contributed by atoms with van der Waals surface area (Å²) in [4.78, 5) is 60.6. The number of nitrogens with one attached hydrogen (secondary N) is 1. The second kappa shape index (κ2) is 14.5. The van der Waals surface area contributed by atoms with Gasteiger partial charge in [0.15, 0.2) is 11.6 Å². The maximum Gasteiger partial charge on any atom is 0.306 e. The molecular formula is C43H51FN8O4. The molecule has 56 heavy (non-hydrogen) atoms. The normalized spacial score (nSPS) is 25.1. The zero-order valence-corrected chi connectivity index (χ0v) is 32.3. The van der Waals surface area contributed by atoms with Crippen molar-refractivity contribution in [3.05, 3.63) is 60.4 Å². The van der Waals surface area contributed by atoms with Gasteiger partial charge in [-0.05, 0) is 115 Å².